The fraction of sp³-hybridized carbons (Fsp3) is 0.462. The molecule has 0 radical (unpaired) electrons. The van der Waals surface area contributed by atoms with Crippen LogP contribution >= 0.6 is 11.8 Å². The van der Waals surface area contributed by atoms with Crippen molar-refractivity contribution in [2.24, 2.45) is 0 Å². The fourth-order valence-corrected chi connectivity index (χ4v) is 3.37. The quantitative estimate of drug-likeness (QED) is 0.825. The summed E-state index contributed by atoms with van der Waals surface area (Å²) in [5, 5.41) is 8.99. The summed E-state index contributed by atoms with van der Waals surface area (Å²) < 4.78 is 13.2. The molecule has 2 rings (SSSR count). The Bertz CT molecular complexity index is 436. The second-order valence-corrected chi connectivity index (χ2v) is 5.50. The first-order chi connectivity index (χ1) is 8.20. The van der Waals surface area contributed by atoms with Crippen LogP contribution in [0.4, 0.5) is 4.39 Å². The summed E-state index contributed by atoms with van der Waals surface area (Å²) in [4.78, 5) is 2.22. The number of rotatable bonds is 3. The second-order valence-electron chi connectivity index (χ2n) is 4.35. The van der Waals surface area contributed by atoms with Crippen LogP contribution in [-0.2, 0) is 6.54 Å². The Hall–Kier alpha value is -1.05. The Morgan fingerprint density at radius 1 is 1.59 bits per heavy atom. The fourth-order valence-electron chi connectivity index (χ4n) is 2.07. The highest BCUT2D eigenvalue weighted by molar-refractivity contribution is 7.99. The van der Waals surface area contributed by atoms with Crippen LogP contribution in [0.5, 0.6) is 0 Å². The van der Waals surface area contributed by atoms with E-state index in [2.05, 4.69) is 11.0 Å². The van der Waals surface area contributed by atoms with Gasteiger partial charge in [0.15, 0.2) is 0 Å². The zero-order valence-electron chi connectivity index (χ0n) is 9.82. The third-order valence-corrected chi connectivity index (χ3v) is 4.28. The predicted molar refractivity (Wildman–Crippen MR) is 68.3 cm³/mol. The molecule has 0 saturated carbocycles. The first-order valence-corrected chi connectivity index (χ1v) is 6.82. The molecule has 0 amide bonds. The van der Waals surface area contributed by atoms with Crippen molar-refractivity contribution in [1.82, 2.24) is 4.90 Å². The lowest BCUT2D eigenvalue weighted by Crippen LogP contribution is -2.31. The van der Waals surface area contributed by atoms with Gasteiger partial charge in [0.1, 0.15) is 5.82 Å². The van der Waals surface area contributed by atoms with Crippen LogP contribution in [0.15, 0.2) is 18.2 Å². The standard InChI is InChI=1S/C13H15FN2S/c1-16(13-4-5-17-9-13)8-11-6-12(14)3-2-10(11)7-15/h2-3,6,13H,4-5,8-9H2,1H3. The van der Waals surface area contributed by atoms with Crippen LogP contribution in [-0.4, -0.2) is 29.5 Å². The molecule has 0 aliphatic carbocycles. The molecule has 4 heteroatoms. The molecule has 2 nitrogen and oxygen atoms in total. The maximum atomic E-state index is 13.2. The van der Waals surface area contributed by atoms with E-state index in [1.807, 2.05) is 18.8 Å². The minimum atomic E-state index is -0.270. The lowest BCUT2D eigenvalue weighted by molar-refractivity contribution is 0.254. The van der Waals surface area contributed by atoms with Gasteiger partial charge in [0.2, 0.25) is 0 Å². The molecule has 0 aromatic heterocycles. The number of nitriles is 1. The molecule has 17 heavy (non-hydrogen) atoms. The maximum Gasteiger partial charge on any atom is 0.123 e. The molecule has 0 spiro atoms. The summed E-state index contributed by atoms with van der Waals surface area (Å²) in [6.07, 6.45) is 1.18. The Kier molecular flexibility index (Phi) is 4.03. The first-order valence-electron chi connectivity index (χ1n) is 5.67. The number of nitrogens with zero attached hydrogens (tertiary/aromatic N) is 2. The smallest absolute Gasteiger partial charge is 0.123 e. The predicted octanol–water partition coefficient (Wildman–Crippen LogP) is 2.63. The van der Waals surface area contributed by atoms with E-state index in [1.165, 1.54) is 24.3 Å². The van der Waals surface area contributed by atoms with Crippen LogP contribution in [0.1, 0.15) is 17.5 Å². The van der Waals surface area contributed by atoms with E-state index in [-0.39, 0.29) is 5.82 Å². The van der Waals surface area contributed by atoms with E-state index in [9.17, 15) is 4.39 Å². The number of halogens is 1. The average Bonchev–Trinajstić information content (AvgIpc) is 2.83. The summed E-state index contributed by atoms with van der Waals surface area (Å²) in [6.45, 7) is 0.645. The van der Waals surface area contributed by atoms with Gasteiger partial charge in [-0.3, -0.25) is 4.90 Å². The van der Waals surface area contributed by atoms with Crippen molar-refractivity contribution < 1.29 is 4.39 Å². The molecule has 1 saturated heterocycles. The molecule has 1 fully saturated rings. The van der Waals surface area contributed by atoms with Gasteiger partial charge in [0.25, 0.3) is 0 Å². The number of thioether (sulfide) groups is 1. The molecule has 1 atom stereocenters. The van der Waals surface area contributed by atoms with E-state index in [0.717, 1.165) is 11.3 Å². The molecule has 0 N–H and O–H groups in total. The van der Waals surface area contributed by atoms with Crippen molar-refractivity contribution in [2.75, 3.05) is 18.6 Å². The van der Waals surface area contributed by atoms with Crippen molar-refractivity contribution in [3.8, 4) is 6.07 Å². The van der Waals surface area contributed by atoms with Crippen LogP contribution in [0, 0.1) is 17.1 Å². The number of hydrogen-bond donors (Lipinski definition) is 0. The molecular formula is C13H15FN2S. The summed E-state index contributed by atoms with van der Waals surface area (Å²) in [5.74, 6) is 2.06. The van der Waals surface area contributed by atoms with E-state index in [4.69, 9.17) is 5.26 Å². The Morgan fingerprint density at radius 3 is 3.06 bits per heavy atom. The minimum absolute atomic E-state index is 0.270. The lowest BCUT2D eigenvalue weighted by Gasteiger charge is -2.23. The Labute approximate surface area is 105 Å². The van der Waals surface area contributed by atoms with Gasteiger partial charge in [0.05, 0.1) is 11.6 Å². The van der Waals surface area contributed by atoms with Crippen molar-refractivity contribution >= 4 is 11.8 Å². The molecule has 1 aliphatic rings. The molecule has 1 aromatic carbocycles. The molecule has 1 aliphatic heterocycles. The summed E-state index contributed by atoms with van der Waals surface area (Å²) in [5.41, 5.74) is 1.36. The van der Waals surface area contributed by atoms with Crippen molar-refractivity contribution in [1.29, 1.82) is 5.26 Å². The monoisotopic (exact) mass is 250 g/mol. The maximum absolute atomic E-state index is 13.2. The Balaban J connectivity index is 2.11. The van der Waals surface area contributed by atoms with Gasteiger partial charge < -0.3 is 0 Å². The van der Waals surface area contributed by atoms with Gasteiger partial charge in [0, 0.05) is 18.3 Å². The molecule has 1 heterocycles. The van der Waals surface area contributed by atoms with Crippen molar-refractivity contribution in [2.45, 2.75) is 19.0 Å². The highest BCUT2D eigenvalue weighted by Crippen LogP contribution is 2.23. The second kappa shape index (κ2) is 5.52. The SMILES string of the molecule is CN(Cc1cc(F)ccc1C#N)C1CCSC1. The third-order valence-electron chi connectivity index (χ3n) is 3.14. The van der Waals surface area contributed by atoms with Gasteiger partial charge in [-0.25, -0.2) is 4.39 Å². The molecule has 0 bridgehead atoms. The van der Waals surface area contributed by atoms with Gasteiger partial charge in [-0.15, -0.1) is 0 Å². The first kappa shape index (κ1) is 12.4. The lowest BCUT2D eigenvalue weighted by atomic mass is 10.1. The van der Waals surface area contributed by atoms with Crippen LogP contribution in [0.3, 0.4) is 0 Å². The normalized spacial score (nSPS) is 19.5. The van der Waals surface area contributed by atoms with E-state index in [0.29, 0.717) is 18.2 Å². The van der Waals surface area contributed by atoms with Gasteiger partial charge in [-0.2, -0.15) is 17.0 Å². The van der Waals surface area contributed by atoms with Gasteiger partial charge >= 0.3 is 0 Å². The van der Waals surface area contributed by atoms with E-state index >= 15 is 0 Å². The molecular weight excluding hydrogens is 235 g/mol. The average molecular weight is 250 g/mol. The van der Waals surface area contributed by atoms with Crippen molar-refractivity contribution in [3.63, 3.8) is 0 Å². The van der Waals surface area contributed by atoms with Crippen LogP contribution in [0.2, 0.25) is 0 Å². The van der Waals surface area contributed by atoms with E-state index < -0.39 is 0 Å². The Morgan fingerprint density at radius 2 is 2.41 bits per heavy atom. The number of hydrogen-bond acceptors (Lipinski definition) is 3. The van der Waals surface area contributed by atoms with Gasteiger partial charge in [-0.1, -0.05) is 0 Å². The molecule has 1 unspecified atom stereocenters. The summed E-state index contributed by atoms with van der Waals surface area (Å²) >= 11 is 1.95. The summed E-state index contributed by atoms with van der Waals surface area (Å²) in [6, 6.07) is 7.04. The topological polar surface area (TPSA) is 27.0 Å². The molecule has 90 valence electrons. The number of benzene rings is 1. The van der Waals surface area contributed by atoms with Crippen molar-refractivity contribution in [3.05, 3.63) is 35.1 Å². The zero-order chi connectivity index (χ0) is 12.3. The summed E-state index contributed by atoms with van der Waals surface area (Å²) in [7, 11) is 2.04. The largest absolute Gasteiger partial charge is 0.298 e. The van der Waals surface area contributed by atoms with Crippen LogP contribution < -0.4 is 0 Å². The van der Waals surface area contributed by atoms with E-state index in [1.54, 1.807) is 6.07 Å². The van der Waals surface area contributed by atoms with Gasteiger partial charge in [-0.05, 0) is 43.0 Å². The zero-order valence-corrected chi connectivity index (χ0v) is 10.6. The third kappa shape index (κ3) is 2.99. The molecule has 1 aromatic rings. The highest BCUT2D eigenvalue weighted by Gasteiger charge is 2.20. The minimum Gasteiger partial charge on any atom is -0.298 e. The van der Waals surface area contributed by atoms with Crippen LogP contribution in [0.25, 0.3) is 0 Å². The highest BCUT2D eigenvalue weighted by atomic mass is 32.2.